The summed E-state index contributed by atoms with van der Waals surface area (Å²) in [6, 6.07) is 10.5. The summed E-state index contributed by atoms with van der Waals surface area (Å²) in [6.45, 7) is 0. The Bertz CT molecular complexity index is 366. The van der Waals surface area contributed by atoms with Crippen LogP contribution in [0.4, 0.5) is 5.69 Å². The molecule has 92 valence electrons. The van der Waals surface area contributed by atoms with Gasteiger partial charge < -0.3 is 16.4 Å². The lowest BCUT2D eigenvalue weighted by atomic mass is 9.91. The summed E-state index contributed by atoms with van der Waals surface area (Å²) in [5, 5.41) is 7.15. The molecule has 4 N–H and O–H groups in total. The maximum Gasteiger partial charge on any atom is 0.171 e. The molecule has 4 heteroatoms. The highest BCUT2D eigenvalue weighted by atomic mass is 32.1. The minimum atomic E-state index is 0.222. The highest BCUT2D eigenvalue weighted by molar-refractivity contribution is 7.80. The molecule has 0 bridgehead atoms. The molecule has 1 aliphatic rings. The quantitative estimate of drug-likeness (QED) is 0.704. The number of hydrogen-bond acceptors (Lipinski definition) is 2. The van der Waals surface area contributed by atoms with Gasteiger partial charge >= 0.3 is 0 Å². The van der Waals surface area contributed by atoms with E-state index in [1.807, 2.05) is 30.3 Å². The van der Waals surface area contributed by atoms with Crippen LogP contribution in [0, 0.1) is 0 Å². The molecule has 2 atom stereocenters. The molecule has 0 spiro atoms. The number of benzene rings is 1. The van der Waals surface area contributed by atoms with Crippen molar-refractivity contribution in [2.75, 3.05) is 5.32 Å². The van der Waals surface area contributed by atoms with E-state index in [0.717, 1.165) is 18.5 Å². The van der Waals surface area contributed by atoms with E-state index in [1.54, 1.807) is 0 Å². The largest absolute Gasteiger partial charge is 0.358 e. The summed E-state index contributed by atoms with van der Waals surface area (Å²) in [5.41, 5.74) is 7.08. The first-order valence-corrected chi connectivity index (χ1v) is 6.54. The van der Waals surface area contributed by atoms with E-state index in [-0.39, 0.29) is 6.04 Å². The number of anilines is 1. The second-order valence-corrected chi connectivity index (χ2v) is 4.93. The third-order valence-electron chi connectivity index (χ3n) is 3.17. The fraction of sp³-hybridized carbons (Fsp3) is 0.462. The topological polar surface area (TPSA) is 50.1 Å². The van der Waals surface area contributed by atoms with Crippen molar-refractivity contribution in [2.45, 2.75) is 37.8 Å². The molecule has 1 aromatic rings. The fourth-order valence-corrected chi connectivity index (χ4v) is 2.47. The number of para-hydroxylation sites is 1. The van der Waals surface area contributed by atoms with Crippen molar-refractivity contribution in [3.05, 3.63) is 30.3 Å². The van der Waals surface area contributed by atoms with Crippen LogP contribution < -0.4 is 16.4 Å². The van der Waals surface area contributed by atoms with E-state index in [0.29, 0.717) is 11.2 Å². The van der Waals surface area contributed by atoms with E-state index < -0.39 is 0 Å². The lowest BCUT2D eigenvalue weighted by Gasteiger charge is -2.30. The van der Waals surface area contributed by atoms with Crippen molar-refractivity contribution in [1.82, 2.24) is 5.32 Å². The zero-order valence-corrected chi connectivity index (χ0v) is 10.7. The van der Waals surface area contributed by atoms with E-state index >= 15 is 0 Å². The predicted octanol–water partition coefficient (Wildman–Crippen LogP) is 2.24. The number of thiocarbonyl (C=S) groups is 1. The standard InChI is InChI=1S/C13H19N3S/c14-11-8-4-5-9-12(11)16-13(17)15-10-6-2-1-3-7-10/h1-3,6-7,11-12H,4-5,8-9,14H2,(H2,15,16,17)/t11-,12-/m0/s1. The van der Waals surface area contributed by atoms with Gasteiger partial charge in [-0.1, -0.05) is 31.0 Å². The minimum absolute atomic E-state index is 0.222. The molecule has 1 saturated carbocycles. The second kappa shape index (κ2) is 5.98. The molecule has 0 unspecified atom stereocenters. The second-order valence-electron chi connectivity index (χ2n) is 4.52. The Kier molecular flexibility index (Phi) is 4.34. The molecule has 0 heterocycles. The molecule has 2 rings (SSSR count). The molecule has 0 radical (unpaired) electrons. The van der Waals surface area contributed by atoms with Gasteiger partial charge in [-0.15, -0.1) is 0 Å². The summed E-state index contributed by atoms with van der Waals surface area (Å²) in [6.07, 6.45) is 4.67. The van der Waals surface area contributed by atoms with Crippen molar-refractivity contribution >= 4 is 23.0 Å². The van der Waals surface area contributed by atoms with Gasteiger partial charge in [0.25, 0.3) is 0 Å². The molecule has 0 saturated heterocycles. The van der Waals surface area contributed by atoms with Crippen LogP contribution in [0.1, 0.15) is 25.7 Å². The molecular formula is C13H19N3S. The first kappa shape index (κ1) is 12.3. The van der Waals surface area contributed by atoms with Crippen molar-refractivity contribution in [3.63, 3.8) is 0 Å². The molecule has 1 aromatic carbocycles. The summed E-state index contributed by atoms with van der Waals surface area (Å²) in [5.74, 6) is 0. The first-order chi connectivity index (χ1) is 8.25. The summed E-state index contributed by atoms with van der Waals surface area (Å²) < 4.78 is 0. The highest BCUT2D eigenvalue weighted by Gasteiger charge is 2.21. The smallest absolute Gasteiger partial charge is 0.171 e. The van der Waals surface area contributed by atoms with Crippen LogP contribution in [0.25, 0.3) is 0 Å². The minimum Gasteiger partial charge on any atom is -0.358 e. The molecule has 0 aliphatic heterocycles. The number of nitrogens with one attached hydrogen (secondary N) is 2. The Morgan fingerprint density at radius 1 is 1.18 bits per heavy atom. The number of nitrogens with two attached hydrogens (primary N) is 1. The van der Waals surface area contributed by atoms with Gasteiger partial charge in [-0.05, 0) is 37.2 Å². The van der Waals surface area contributed by atoms with Gasteiger partial charge in [0, 0.05) is 17.8 Å². The monoisotopic (exact) mass is 249 g/mol. The normalized spacial score (nSPS) is 24.1. The Morgan fingerprint density at radius 3 is 2.59 bits per heavy atom. The molecule has 1 aliphatic carbocycles. The fourth-order valence-electron chi connectivity index (χ4n) is 2.20. The zero-order valence-electron chi connectivity index (χ0n) is 9.86. The van der Waals surface area contributed by atoms with E-state index in [1.165, 1.54) is 12.8 Å². The first-order valence-electron chi connectivity index (χ1n) is 6.14. The third kappa shape index (κ3) is 3.68. The maximum absolute atomic E-state index is 6.07. The van der Waals surface area contributed by atoms with E-state index in [2.05, 4.69) is 10.6 Å². The van der Waals surface area contributed by atoms with E-state index in [4.69, 9.17) is 18.0 Å². The van der Waals surface area contributed by atoms with Crippen LogP contribution in [-0.2, 0) is 0 Å². The lowest BCUT2D eigenvalue weighted by Crippen LogP contribution is -2.50. The molecule has 0 amide bonds. The summed E-state index contributed by atoms with van der Waals surface area (Å²) >= 11 is 5.29. The van der Waals surface area contributed by atoms with Crippen molar-refractivity contribution in [2.24, 2.45) is 5.73 Å². The number of rotatable bonds is 2. The Morgan fingerprint density at radius 2 is 1.88 bits per heavy atom. The van der Waals surface area contributed by atoms with Crippen molar-refractivity contribution in [3.8, 4) is 0 Å². The van der Waals surface area contributed by atoms with E-state index in [9.17, 15) is 0 Å². The molecule has 0 aromatic heterocycles. The van der Waals surface area contributed by atoms with Gasteiger partial charge in [0.15, 0.2) is 5.11 Å². The molecule has 17 heavy (non-hydrogen) atoms. The van der Waals surface area contributed by atoms with Crippen LogP contribution in [0.3, 0.4) is 0 Å². The average Bonchev–Trinajstić information content (AvgIpc) is 2.33. The van der Waals surface area contributed by atoms with Gasteiger partial charge in [0.05, 0.1) is 0 Å². The summed E-state index contributed by atoms with van der Waals surface area (Å²) in [7, 11) is 0. The Balaban J connectivity index is 1.84. The van der Waals surface area contributed by atoms with Gasteiger partial charge in [-0.3, -0.25) is 0 Å². The van der Waals surface area contributed by atoms with Crippen molar-refractivity contribution in [1.29, 1.82) is 0 Å². The van der Waals surface area contributed by atoms with Gasteiger partial charge in [0.1, 0.15) is 0 Å². The van der Waals surface area contributed by atoms with Crippen LogP contribution in [-0.4, -0.2) is 17.2 Å². The SMILES string of the molecule is N[C@H]1CCCC[C@@H]1NC(=S)Nc1ccccc1. The maximum atomic E-state index is 6.07. The summed E-state index contributed by atoms with van der Waals surface area (Å²) in [4.78, 5) is 0. The van der Waals surface area contributed by atoms with Crippen LogP contribution in [0.15, 0.2) is 30.3 Å². The van der Waals surface area contributed by atoms with Gasteiger partial charge in [0.2, 0.25) is 0 Å². The van der Waals surface area contributed by atoms with Crippen LogP contribution in [0.5, 0.6) is 0 Å². The lowest BCUT2D eigenvalue weighted by molar-refractivity contribution is 0.361. The third-order valence-corrected chi connectivity index (χ3v) is 3.39. The zero-order chi connectivity index (χ0) is 12.1. The highest BCUT2D eigenvalue weighted by Crippen LogP contribution is 2.17. The Hall–Kier alpha value is -1.13. The molecule has 1 fully saturated rings. The predicted molar refractivity (Wildman–Crippen MR) is 76.0 cm³/mol. The van der Waals surface area contributed by atoms with Gasteiger partial charge in [-0.2, -0.15) is 0 Å². The van der Waals surface area contributed by atoms with Crippen LogP contribution in [0.2, 0.25) is 0 Å². The molecular weight excluding hydrogens is 230 g/mol. The van der Waals surface area contributed by atoms with Gasteiger partial charge in [-0.25, -0.2) is 0 Å². The molecule has 3 nitrogen and oxygen atoms in total. The Labute approximate surface area is 108 Å². The van der Waals surface area contributed by atoms with Crippen molar-refractivity contribution < 1.29 is 0 Å². The average molecular weight is 249 g/mol. The van der Waals surface area contributed by atoms with Crippen LogP contribution >= 0.6 is 12.2 Å². The number of hydrogen-bond donors (Lipinski definition) is 3.